The lowest BCUT2D eigenvalue weighted by molar-refractivity contribution is 0.430. The summed E-state index contributed by atoms with van der Waals surface area (Å²) in [5.41, 5.74) is 14.0. The highest BCUT2D eigenvalue weighted by atomic mass is 16.5. The van der Waals surface area contributed by atoms with Crippen LogP contribution in [0.3, 0.4) is 0 Å². The molecule has 0 saturated carbocycles. The van der Waals surface area contributed by atoms with Crippen LogP contribution < -0.4 is 4.74 Å². The molecular formula is C51H57NO. The summed E-state index contributed by atoms with van der Waals surface area (Å²) >= 11 is 0. The number of hydrogen-bond donors (Lipinski definition) is 0. The van der Waals surface area contributed by atoms with Crippen LogP contribution >= 0.6 is 0 Å². The Morgan fingerprint density at radius 2 is 1.51 bits per heavy atom. The first-order valence-corrected chi connectivity index (χ1v) is 18.9. The summed E-state index contributed by atoms with van der Waals surface area (Å²) in [6.07, 6.45) is 14.9. The van der Waals surface area contributed by atoms with Gasteiger partial charge in [0.2, 0.25) is 0 Å². The van der Waals surface area contributed by atoms with E-state index in [1.54, 1.807) is 0 Å². The molecule has 2 heteroatoms. The average Bonchev–Trinajstić information content (AvgIpc) is 3.44. The maximum atomic E-state index is 5.98. The van der Waals surface area contributed by atoms with Crippen LogP contribution in [0.15, 0.2) is 157 Å². The minimum Gasteiger partial charge on any atom is -0.461 e. The summed E-state index contributed by atoms with van der Waals surface area (Å²) in [5, 5.41) is 0. The van der Waals surface area contributed by atoms with Gasteiger partial charge in [-0.3, -0.25) is 0 Å². The molecule has 1 heterocycles. The second-order valence-electron chi connectivity index (χ2n) is 16.2. The summed E-state index contributed by atoms with van der Waals surface area (Å²) in [6.45, 7) is 28.7. The molecule has 1 aliphatic heterocycles. The second kappa shape index (κ2) is 16.6. The van der Waals surface area contributed by atoms with Crippen molar-refractivity contribution < 1.29 is 4.74 Å². The fraction of sp³-hybridized carbons (Fsp3) is 0.275. The molecule has 0 aromatic heterocycles. The first-order valence-electron chi connectivity index (χ1n) is 18.9. The van der Waals surface area contributed by atoms with Crippen LogP contribution in [-0.4, -0.2) is 5.71 Å². The van der Waals surface area contributed by atoms with Crippen molar-refractivity contribution >= 4 is 17.0 Å². The highest BCUT2D eigenvalue weighted by Gasteiger charge is 2.26. The molecule has 272 valence electrons. The van der Waals surface area contributed by atoms with Gasteiger partial charge in [0.25, 0.3) is 0 Å². The Kier molecular flexibility index (Phi) is 12.2. The number of ether oxygens (including phenoxy) is 1. The smallest absolute Gasteiger partial charge is 0.130 e. The minimum atomic E-state index is 0.0931. The molecule has 53 heavy (non-hydrogen) atoms. The van der Waals surface area contributed by atoms with Crippen LogP contribution in [0.25, 0.3) is 22.4 Å². The van der Waals surface area contributed by atoms with Gasteiger partial charge in [0.1, 0.15) is 11.5 Å². The molecule has 5 rings (SSSR count). The van der Waals surface area contributed by atoms with Crippen LogP contribution in [0.5, 0.6) is 5.75 Å². The quantitative estimate of drug-likeness (QED) is 0.113. The van der Waals surface area contributed by atoms with Gasteiger partial charge in [-0.05, 0) is 119 Å². The van der Waals surface area contributed by atoms with Crippen molar-refractivity contribution in [1.29, 1.82) is 0 Å². The van der Waals surface area contributed by atoms with E-state index in [0.29, 0.717) is 0 Å². The van der Waals surface area contributed by atoms with Gasteiger partial charge in [0.05, 0.1) is 11.4 Å². The topological polar surface area (TPSA) is 21.6 Å². The molecule has 1 aliphatic rings. The summed E-state index contributed by atoms with van der Waals surface area (Å²) in [7, 11) is 0. The third-order valence-electron chi connectivity index (χ3n) is 10.2. The van der Waals surface area contributed by atoms with E-state index in [2.05, 4.69) is 173 Å². The van der Waals surface area contributed by atoms with Crippen molar-refractivity contribution in [1.82, 2.24) is 0 Å². The van der Waals surface area contributed by atoms with Gasteiger partial charge in [-0.2, -0.15) is 0 Å². The molecule has 1 unspecified atom stereocenters. The van der Waals surface area contributed by atoms with Gasteiger partial charge < -0.3 is 4.74 Å². The van der Waals surface area contributed by atoms with E-state index in [9.17, 15) is 0 Å². The fourth-order valence-corrected chi connectivity index (χ4v) is 6.86. The number of para-hydroxylation sites is 1. The van der Waals surface area contributed by atoms with Crippen LogP contribution in [0.1, 0.15) is 101 Å². The predicted octanol–water partition coefficient (Wildman–Crippen LogP) is 14.2. The molecule has 0 aliphatic carbocycles. The van der Waals surface area contributed by atoms with Gasteiger partial charge >= 0.3 is 0 Å². The first-order chi connectivity index (χ1) is 25.2. The van der Waals surface area contributed by atoms with Gasteiger partial charge in [-0.1, -0.05) is 158 Å². The summed E-state index contributed by atoms with van der Waals surface area (Å²) in [6, 6.07) is 32.2. The van der Waals surface area contributed by atoms with E-state index >= 15 is 0 Å². The number of benzene rings is 4. The third kappa shape index (κ3) is 9.82. The average molecular weight is 700 g/mol. The molecule has 4 aromatic carbocycles. The normalized spacial score (nSPS) is 15.7. The van der Waals surface area contributed by atoms with Crippen molar-refractivity contribution in [2.45, 2.75) is 86.5 Å². The Morgan fingerprint density at radius 1 is 0.830 bits per heavy atom. The standard InChI is InChI=1S/C51H57NO/c1-12-43(50(6,7)8)23-18-22-41-33-42(34-48(36(41)3)40-28-30-44(31-29-40)51(9,10)11)35(2)32-45(52-37(4)39-20-14-13-15-21-39)24-19-26-46-38(5)53-49-27-17-16-25-47(46)49/h12-21,23-25,27-34,46H,4-5,22,26H2,1-3,6-11H3/b23-18-,24-19+,35-32+,43-12+,52-45?. The van der Waals surface area contributed by atoms with E-state index in [1.807, 2.05) is 30.3 Å². The maximum absolute atomic E-state index is 5.98. The van der Waals surface area contributed by atoms with E-state index < -0.39 is 0 Å². The SMILES string of the molecule is C=C(N=C(/C=C/CC1C(=C)Oc2ccccc21)/C=C(\C)c1cc(C/C=C\C(=C/C)C(C)(C)C)c(C)c(-c2ccc(C(C)(C)C)cc2)c1)c1ccccc1. The highest BCUT2D eigenvalue weighted by Crippen LogP contribution is 2.42. The van der Waals surface area contributed by atoms with Crippen LogP contribution in [0.4, 0.5) is 0 Å². The number of nitrogens with zero attached hydrogens (tertiary/aromatic N) is 1. The van der Waals surface area contributed by atoms with Gasteiger partial charge in [-0.15, -0.1) is 0 Å². The lowest BCUT2D eigenvalue weighted by atomic mass is 9.84. The first kappa shape index (κ1) is 39.0. The van der Waals surface area contributed by atoms with E-state index in [1.165, 1.54) is 44.5 Å². The number of hydrogen-bond acceptors (Lipinski definition) is 2. The highest BCUT2D eigenvalue weighted by molar-refractivity contribution is 6.10. The third-order valence-corrected chi connectivity index (χ3v) is 10.2. The second-order valence-corrected chi connectivity index (χ2v) is 16.2. The number of aliphatic imine (C=N–C) groups is 1. The van der Waals surface area contributed by atoms with Crippen molar-refractivity contribution in [3.63, 3.8) is 0 Å². The van der Waals surface area contributed by atoms with E-state index in [-0.39, 0.29) is 16.7 Å². The fourth-order valence-electron chi connectivity index (χ4n) is 6.86. The number of fused-ring (bicyclic) bond motifs is 1. The molecule has 0 fully saturated rings. The monoisotopic (exact) mass is 699 g/mol. The van der Waals surface area contributed by atoms with E-state index in [0.717, 1.165) is 46.9 Å². The molecule has 0 radical (unpaired) electrons. The lowest BCUT2D eigenvalue weighted by Gasteiger charge is -2.21. The maximum Gasteiger partial charge on any atom is 0.130 e. The molecule has 0 bridgehead atoms. The van der Waals surface area contributed by atoms with Crippen molar-refractivity contribution in [3.8, 4) is 16.9 Å². The Balaban J connectivity index is 1.56. The van der Waals surface area contributed by atoms with Gasteiger partial charge in [-0.25, -0.2) is 4.99 Å². The Bertz CT molecular complexity index is 2100. The molecule has 2 nitrogen and oxygen atoms in total. The van der Waals surface area contributed by atoms with Gasteiger partial charge in [0.15, 0.2) is 0 Å². The molecule has 1 atom stereocenters. The lowest BCUT2D eigenvalue weighted by Crippen LogP contribution is -2.10. The molecule has 4 aromatic rings. The summed E-state index contributed by atoms with van der Waals surface area (Å²) in [4.78, 5) is 5.08. The number of allylic oxidation sites excluding steroid dienone is 9. The predicted molar refractivity (Wildman–Crippen MR) is 231 cm³/mol. The molecule has 0 N–H and O–H groups in total. The van der Waals surface area contributed by atoms with Crippen molar-refractivity contribution in [2.75, 3.05) is 0 Å². The van der Waals surface area contributed by atoms with Crippen molar-refractivity contribution in [3.05, 3.63) is 185 Å². The van der Waals surface area contributed by atoms with Crippen LogP contribution in [0, 0.1) is 12.3 Å². The Hall–Kier alpha value is -5.21. The summed E-state index contributed by atoms with van der Waals surface area (Å²) < 4.78 is 5.98. The van der Waals surface area contributed by atoms with E-state index in [4.69, 9.17) is 9.73 Å². The zero-order valence-electron chi connectivity index (χ0n) is 33.4. The van der Waals surface area contributed by atoms with Gasteiger partial charge in [0, 0.05) is 11.5 Å². The van der Waals surface area contributed by atoms with Crippen LogP contribution in [0.2, 0.25) is 0 Å². The van der Waals surface area contributed by atoms with Crippen LogP contribution in [-0.2, 0) is 11.8 Å². The molecule has 0 saturated heterocycles. The Labute approximate surface area is 319 Å². The largest absolute Gasteiger partial charge is 0.461 e. The summed E-state index contributed by atoms with van der Waals surface area (Å²) in [5.74, 6) is 1.78. The number of rotatable bonds is 11. The Morgan fingerprint density at radius 3 is 2.17 bits per heavy atom. The zero-order chi connectivity index (χ0) is 38.3. The molecule has 0 amide bonds. The molecule has 0 spiro atoms. The molecular weight excluding hydrogens is 643 g/mol. The van der Waals surface area contributed by atoms with Crippen molar-refractivity contribution in [2.24, 2.45) is 10.4 Å². The zero-order valence-corrected chi connectivity index (χ0v) is 33.4. The minimum absolute atomic E-state index is 0.0931.